The van der Waals surface area contributed by atoms with E-state index < -0.39 is 11.4 Å². The van der Waals surface area contributed by atoms with Gasteiger partial charge in [-0.25, -0.2) is 0 Å². The number of nitrogens with one attached hydrogen (secondary N) is 2. The third-order valence-electron chi connectivity index (χ3n) is 5.14. The Kier molecular flexibility index (Phi) is 13.2. The van der Waals surface area contributed by atoms with Crippen LogP contribution in [0.15, 0.2) is 18.2 Å². The highest BCUT2D eigenvalue weighted by Gasteiger charge is 2.25. The zero-order valence-electron chi connectivity index (χ0n) is 21.1. The van der Waals surface area contributed by atoms with Crippen LogP contribution in [0.3, 0.4) is 0 Å². The van der Waals surface area contributed by atoms with Crippen LogP contribution >= 0.6 is 0 Å². The molecule has 2 N–H and O–H groups in total. The molecule has 0 aliphatic heterocycles. The summed E-state index contributed by atoms with van der Waals surface area (Å²) >= 11 is 0. The van der Waals surface area contributed by atoms with E-state index in [1.54, 1.807) is 39.0 Å². The fourth-order valence-corrected chi connectivity index (χ4v) is 3.11. The summed E-state index contributed by atoms with van der Waals surface area (Å²) in [6.45, 7) is 10.2. The molecule has 2 amide bonds. The molecule has 0 fully saturated rings. The zero-order valence-corrected chi connectivity index (χ0v) is 21.1. The van der Waals surface area contributed by atoms with E-state index in [4.69, 9.17) is 9.47 Å². The first-order valence-corrected chi connectivity index (χ1v) is 12.2. The van der Waals surface area contributed by atoms with Crippen molar-refractivity contribution in [1.29, 1.82) is 0 Å². The molecule has 186 valence electrons. The van der Waals surface area contributed by atoms with E-state index in [0.29, 0.717) is 13.1 Å². The summed E-state index contributed by atoms with van der Waals surface area (Å²) in [7, 11) is 0. The summed E-state index contributed by atoms with van der Waals surface area (Å²) < 4.78 is 10.9. The summed E-state index contributed by atoms with van der Waals surface area (Å²) in [4.78, 5) is 37.7. The number of para-hydroxylation sites is 1. The van der Waals surface area contributed by atoms with Gasteiger partial charge in [-0.3, -0.25) is 14.4 Å². The average molecular weight is 463 g/mol. The lowest BCUT2D eigenvalue weighted by Crippen LogP contribution is -2.29. The van der Waals surface area contributed by atoms with Gasteiger partial charge in [0.25, 0.3) is 11.8 Å². The Bertz CT molecular complexity index is 711. The van der Waals surface area contributed by atoms with E-state index in [1.807, 2.05) is 0 Å². The van der Waals surface area contributed by atoms with Crippen molar-refractivity contribution >= 4 is 17.8 Å². The fraction of sp³-hybridized carbons (Fsp3) is 0.654. The second-order valence-corrected chi connectivity index (χ2v) is 9.26. The highest BCUT2D eigenvalue weighted by molar-refractivity contribution is 6.04. The van der Waals surface area contributed by atoms with Crippen LogP contribution in [-0.4, -0.2) is 37.7 Å². The normalized spacial score (nSPS) is 11.1. The van der Waals surface area contributed by atoms with E-state index >= 15 is 0 Å². The molecule has 0 aliphatic rings. The molecule has 0 saturated carbocycles. The maximum atomic E-state index is 12.8. The highest BCUT2D eigenvalue weighted by Crippen LogP contribution is 2.25. The van der Waals surface area contributed by atoms with Crippen molar-refractivity contribution in [2.75, 3.05) is 19.9 Å². The smallest absolute Gasteiger partial charge is 0.314 e. The summed E-state index contributed by atoms with van der Waals surface area (Å²) in [5, 5.41) is 5.79. The van der Waals surface area contributed by atoms with Gasteiger partial charge < -0.3 is 20.1 Å². The van der Waals surface area contributed by atoms with E-state index in [0.717, 1.165) is 51.4 Å². The topological polar surface area (TPSA) is 93.7 Å². The van der Waals surface area contributed by atoms with Crippen molar-refractivity contribution in [3.8, 4) is 5.75 Å². The second-order valence-electron chi connectivity index (χ2n) is 9.26. The number of carbonyl (C=O) groups excluding carboxylic acids is 3. The van der Waals surface area contributed by atoms with Crippen molar-refractivity contribution in [2.45, 2.75) is 86.0 Å². The minimum atomic E-state index is -0.683. The van der Waals surface area contributed by atoms with Crippen LogP contribution in [0.1, 0.15) is 107 Å². The summed E-state index contributed by atoms with van der Waals surface area (Å²) in [6, 6.07) is 4.88. The number of amides is 2. The standard InChI is InChI=1S/C26H42N2O5/c1-6-8-10-12-17-27-23(29)20-15-14-16-21(24(30)28-18-13-11-9-7-2)22(20)32-19-33-25(31)26(3,4)5/h14-16H,6-13,17-19H2,1-5H3,(H,27,29)(H,28,30). The number of hydrogen-bond donors (Lipinski definition) is 2. The number of ether oxygens (including phenoxy) is 2. The molecule has 0 heterocycles. The van der Waals surface area contributed by atoms with Crippen LogP contribution < -0.4 is 15.4 Å². The largest absolute Gasteiger partial charge is 0.456 e. The van der Waals surface area contributed by atoms with Gasteiger partial charge in [-0.15, -0.1) is 0 Å². The summed E-state index contributed by atoms with van der Waals surface area (Å²) in [6.07, 6.45) is 8.35. The molecule has 0 spiro atoms. The van der Waals surface area contributed by atoms with Gasteiger partial charge >= 0.3 is 5.97 Å². The molecule has 7 nitrogen and oxygen atoms in total. The lowest BCUT2D eigenvalue weighted by molar-refractivity contribution is -0.159. The Labute approximate surface area is 199 Å². The number of benzene rings is 1. The molecule has 7 heteroatoms. The molecular formula is C26H42N2O5. The second kappa shape index (κ2) is 15.3. The third kappa shape index (κ3) is 10.7. The lowest BCUT2D eigenvalue weighted by atomic mass is 9.98. The number of hydrogen-bond acceptors (Lipinski definition) is 5. The summed E-state index contributed by atoms with van der Waals surface area (Å²) in [5.74, 6) is -0.943. The minimum absolute atomic E-state index is 0.122. The predicted molar refractivity (Wildman–Crippen MR) is 130 cm³/mol. The van der Waals surface area contributed by atoms with Gasteiger partial charge in [0.1, 0.15) is 5.75 Å². The molecule has 0 saturated heterocycles. The SMILES string of the molecule is CCCCCCNC(=O)c1cccc(C(=O)NCCCCCC)c1OCOC(=O)C(C)(C)C. The van der Waals surface area contributed by atoms with E-state index in [1.165, 1.54) is 0 Å². The minimum Gasteiger partial charge on any atom is -0.456 e. The van der Waals surface area contributed by atoms with Gasteiger partial charge in [-0.2, -0.15) is 0 Å². The average Bonchev–Trinajstić information content (AvgIpc) is 2.77. The van der Waals surface area contributed by atoms with Gasteiger partial charge in [-0.05, 0) is 45.7 Å². The molecule has 0 aromatic heterocycles. The van der Waals surface area contributed by atoms with Gasteiger partial charge in [0, 0.05) is 13.1 Å². The highest BCUT2D eigenvalue weighted by atomic mass is 16.7. The Morgan fingerprint density at radius 1 is 0.788 bits per heavy atom. The first kappa shape index (κ1) is 28.5. The zero-order chi connectivity index (χ0) is 24.7. The molecule has 0 bridgehead atoms. The van der Waals surface area contributed by atoms with Crippen molar-refractivity contribution in [3.63, 3.8) is 0 Å². The van der Waals surface area contributed by atoms with Gasteiger partial charge in [0.15, 0.2) is 0 Å². The van der Waals surface area contributed by atoms with Crippen molar-refractivity contribution < 1.29 is 23.9 Å². The van der Waals surface area contributed by atoms with Crippen molar-refractivity contribution in [3.05, 3.63) is 29.3 Å². The number of esters is 1. The molecular weight excluding hydrogens is 420 g/mol. The number of rotatable bonds is 15. The summed E-state index contributed by atoms with van der Waals surface area (Å²) in [5.41, 5.74) is -0.191. The molecule has 1 aromatic carbocycles. The maximum Gasteiger partial charge on any atom is 0.314 e. The van der Waals surface area contributed by atoms with Crippen LogP contribution in [0, 0.1) is 5.41 Å². The maximum absolute atomic E-state index is 12.8. The Morgan fingerprint density at radius 2 is 1.27 bits per heavy atom. The predicted octanol–water partition coefficient (Wildman–Crippen LogP) is 5.23. The number of unbranched alkanes of at least 4 members (excludes halogenated alkanes) is 6. The van der Waals surface area contributed by atoms with Crippen molar-refractivity contribution in [2.24, 2.45) is 5.41 Å². The third-order valence-corrected chi connectivity index (χ3v) is 5.14. The van der Waals surface area contributed by atoms with Crippen LogP contribution in [0.2, 0.25) is 0 Å². The Hall–Kier alpha value is -2.57. The first-order chi connectivity index (χ1) is 15.7. The monoisotopic (exact) mass is 462 g/mol. The molecule has 1 aromatic rings. The van der Waals surface area contributed by atoms with E-state index in [-0.39, 0.29) is 35.5 Å². The lowest BCUT2D eigenvalue weighted by Gasteiger charge is -2.19. The Balaban J connectivity index is 2.94. The van der Waals surface area contributed by atoms with Crippen LogP contribution in [0.4, 0.5) is 0 Å². The molecule has 0 aliphatic carbocycles. The van der Waals surface area contributed by atoms with Crippen LogP contribution in [0.25, 0.3) is 0 Å². The molecule has 0 radical (unpaired) electrons. The van der Waals surface area contributed by atoms with Crippen LogP contribution in [0.5, 0.6) is 5.75 Å². The van der Waals surface area contributed by atoms with E-state index in [9.17, 15) is 14.4 Å². The van der Waals surface area contributed by atoms with Gasteiger partial charge in [0.05, 0.1) is 16.5 Å². The molecule has 33 heavy (non-hydrogen) atoms. The Morgan fingerprint density at radius 3 is 1.70 bits per heavy atom. The molecule has 0 atom stereocenters. The number of carbonyl (C=O) groups is 3. The molecule has 0 unspecified atom stereocenters. The van der Waals surface area contributed by atoms with Gasteiger partial charge in [0.2, 0.25) is 6.79 Å². The van der Waals surface area contributed by atoms with Crippen LogP contribution in [-0.2, 0) is 9.53 Å². The fourth-order valence-electron chi connectivity index (χ4n) is 3.11. The van der Waals surface area contributed by atoms with E-state index in [2.05, 4.69) is 24.5 Å². The molecule has 1 rings (SSSR count). The van der Waals surface area contributed by atoms with Gasteiger partial charge in [-0.1, -0.05) is 58.4 Å². The van der Waals surface area contributed by atoms with Crippen molar-refractivity contribution in [1.82, 2.24) is 10.6 Å². The first-order valence-electron chi connectivity index (χ1n) is 12.2. The quantitative estimate of drug-likeness (QED) is 0.211.